The molecule has 0 spiro atoms. The molecule has 2 heterocycles. The molecular weight excluding hydrogens is 352 g/mol. The summed E-state index contributed by atoms with van der Waals surface area (Å²) in [5, 5.41) is 10.6. The molecular formula is C22H24N4O2. The average molecular weight is 376 g/mol. The molecule has 0 radical (unpaired) electrons. The molecule has 3 aromatic rings. The first-order valence-corrected chi connectivity index (χ1v) is 9.48. The van der Waals surface area contributed by atoms with Crippen molar-refractivity contribution < 1.29 is 9.53 Å². The predicted octanol–water partition coefficient (Wildman–Crippen LogP) is 2.83. The van der Waals surface area contributed by atoms with E-state index in [1.165, 1.54) is 0 Å². The Morgan fingerprint density at radius 2 is 2.00 bits per heavy atom. The Balaban J connectivity index is 1.37. The van der Waals surface area contributed by atoms with Crippen molar-refractivity contribution in [2.24, 2.45) is 13.0 Å². The van der Waals surface area contributed by atoms with Crippen molar-refractivity contribution >= 4 is 5.91 Å². The number of para-hydroxylation sites is 1. The van der Waals surface area contributed by atoms with Crippen molar-refractivity contribution in [1.82, 2.24) is 20.4 Å². The van der Waals surface area contributed by atoms with Crippen LogP contribution in [0.25, 0.3) is 0 Å². The number of hydrogen-bond donors (Lipinski definition) is 2. The van der Waals surface area contributed by atoms with Gasteiger partial charge in [-0.2, -0.15) is 5.10 Å². The van der Waals surface area contributed by atoms with Gasteiger partial charge in [0.25, 0.3) is 0 Å². The van der Waals surface area contributed by atoms with Gasteiger partial charge < -0.3 is 15.4 Å². The molecule has 0 unspecified atom stereocenters. The second-order valence-corrected chi connectivity index (χ2v) is 7.10. The zero-order chi connectivity index (χ0) is 19.3. The highest BCUT2D eigenvalue weighted by molar-refractivity contribution is 5.80. The number of amides is 1. The van der Waals surface area contributed by atoms with Crippen molar-refractivity contribution in [1.29, 1.82) is 0 Å². The maximum atomic E-state index is 12.8. The van der Waals surface area contributed by atoms with Crippen LogP contribution in [0.4, 0.5) is 0 Å². The minimum absolute atomic E-state index is 0.0632. The van der Waals surface area contributed by atoms with Crippen molar-refractivity contribution in [2.45, 2.75) is 12.5 Å². The minimum atomic E-state index is -0.0899. The lowest BCUT2D eigenvalue weighted by atomic mass is 9.90. The SMILES string of the molecule is Cn1cc([C@H]2CNC[C@@H]2C(=O)NCc2cccc(Oc3ccccc3)c2)cn1. The number of ether oxygens (including phenoxy) is 1. The molecule has 28 heavy (non-hydrogen) atoms. The summed E-state index contributed by atoms with van der Waals surface area (Å²) < 4.78 is 7.65. The topological polar surface area (TPSA) is 68.2 Å². The summed E-state index contributed by atoms with van der Waals surface area (Å²) in [6.45, 7) is 1.95. The Morgan fingerprint density at radius 3 is 2.79 bits per heavy atom. The number of aromatic nitrogens is 2. The molecule has 2 atom stereocenters. The van der Waals surface area contributed by atoms with Crippen LogP contribution in [0, 0.1) is 5.92 Å². The van der Waals surface area contributed by atoms with Gasteiger partial charge in [-0.3, -0.25) is 9.48 Å². The lowest BCUT2D eigenvalue weighted by molar-refractivity contribution is -0.125. The van der Waals surface area contributed by atoms with E-state index in [2.05, 4.69) is 15.7 Å². The van der Waals surface area contributed by atoms with E-state index in [-0.39, 0.29) is 17.7 Å². The summed E-state index contributed by atoms with van der Waals surface area (Å²) in [6.07, 6.45) is 3.84. The first kappa shape index (κ1) is 18.3. The minimum Gasteiger partial charge on any atom is -0.457 e. The van der Waals surface area contributed by atoms with Crippen LogP contribution in [-0.4, -0.2) is 28.8 Å². The molecule has 1 aliphatic rings. The molecule has 1 fully saturated rings. The Hall–Kier alpha value is -3.12. The van der Waals surface area contributed by atoms with Gasteiger partial charge in [0, 0.05) is 38.8 Å². The Morgan fingerprint density at radius 1 is 1.18 bits per heavy atom. The zero-order valence-corrected chi connectivity index (χ0v) is 15.8. The number of aryl methyl sites for hydroxylation is 1. The first-order chi connectivity index (χ1) is 13.7. The number of carbonyl (C=O) groups excluding carboxylic acids is 1. The van der Waals surface area contributed by atoms with Crippen LogP contribution >= 0.6 is 0 Å². The van der Waals surface area contributed by atoms with E-state index in [9.17, 15) is 4.79 Å². The van der Waals surface area contributed by atoms with E-state index in [0.717, 1.165) is 29.2 Å². The van der Waals surface area contributed by atoms with Crippen LogP contribution in [0.15, 0.2) is 67.0 Å². The number of carbonyl (C=O) groups is 1. The van der Waals surface area contributed by atoms with Gasteiger partial charge in [-0.05, 0) is 35.4 Å². The molecule has 1 amide bonds. The van der Waals surface area contributed by atoms with Gasteiger partial charge in [0.05, 0.1) is 12.1 Å². The van der Waals surface area contributed by atoms with Gasteiger partial charge >= 0.3 is 0 Å². The van der Waals surface area contributed by atoms with E-state index in [1.807, 2.05) is 74.0 Å². The third-order valence-corrected chi connectivity index (χ3v) is 5.05. The molecule has 2 N–H and O–H groups in total. The molecule has 1 aromatic heterocycles. The summed E-state index contributed by atoms with van der Waals surface area (Å²) in [5.74, 6) is 1.68. The maximum absolute atomic E-state index is 12.8. The van der Waals surface area contributed by atoms with Gasteiger partial charge in [0.1, 0.15) is 11.5 Å². The van der Waals surface area contributed by atoms with Crippen molar-refractivity contribution in [3.63, 3.8) is 0 Å². The normalized spacial score (nSPS) is 18.8. The molecule has 6 heteroatoms. The van der Waals surface area contributed by atoms with Gasteiger partial charge in [-0.15, -0.1) is 0 Å². The molecule has 144 valence electrons. The third kappa shape index (κ3) is 4.23. The molecule has 0 bridgehead atoms. The predicted molar refractivity (Wildman–Crippen MR) is 107 cm³/mol. The molecule has 6 nitrogen and oxygen atoms in total. The van der Waals surface area contributed by atoms with Crippen LogP contribution in [0.1, 0.15) is 17.0 Å². The van der Waals surface area contributed by atoms with Crippen LogP contribution in [-0.2, 0) is 18.4 Å². The van der Waals surface area contributed by atoms with E-state index in [0.29, 0.717) is 13.1 Å². The quantitative estimate of drug-likeness (QED) is 0.694. The van der Waals surface area contributed by atoms with Gasteiger partial charge in [-0.25, -0.2) is 0 Å². The Kier molecular flexibility index (Phi) is 5.39. The number of rotatable bonds is 6. The number of benzene rings is 2. The highest BCUT2D eigenvalue weighted by Crippen LogP contribution is 2.28. The second-order valence-electron chi connectivity index (χ2n) is 7.10. The van der Waals surface area contributed by atoms with E-state index < -0.39 is 0 Å². The van der Waals surface area contributed by atoms with Crippen LogP contribution < -0.4 is 15.4 Å². The zero-order valence-electron chi connectivity index (χ0n) is 15.8. The number of nitrogens with zero attached hydrogens (tertiary/aromatic N) is 2. The fourth-order valence-corrected chi connectivity index (χ4v) is 3.60. The van der Waals surface area contributed by atoms with Crippen molar-refractivity contribution in [3.05, 3.63) is 78.1 Å². The maximum Gasteiger partial charge on any atom is 0.225 e. The molecule has 1 aliphatic heterocycles. The number of nitrogens with one attached hydrogen (secondary N) is 2. The Labute approximate surface area is 164 Å². The molecule has 4 rings (SSSR count). The van der Waals surface area contributed by atoms with E-state index in [4.69, 9.17) is 4.74 Å². The average Bonchev–Trinajstić information content (AvgIpc) is 3.36. The molecule has 0 aliphatic carbocycles. The van der Waals surface area contributed by atoms with Gasteiger partial charge in [0.15, 0.2) is 0 Å². The summed E-state index contributed by atoms with van der Waals surface area (Å²) in [4.78, 5) is 12.8. The highest BCUT2D eigenvalue weighted by Gasteiger charge is 2.34. The smallest absolute Gasteiger partial charge is 0.225 e. The Bertz CT molecular complexity index is 938. The van der Waals surface area contributed by atoms with Crippen LogP contribution in [0.3, 0.4) is 0 Å². The van der Waals surface area contributed by atoms with Crippen molar-refractivity contribution in [2.75, 3.05) is 13.1 Å². The van der Waals surface area contributed by atoms with E-state index >= 15 is 0 Å². The lowest BCUT2D eigenvalue weighted by Gasteiger charge is -2.17. The third-order valence-electron chi connectivity index (χ3n) is 5.05. The molecule has 0 saturated carbocycles. The second kappa shape index (κ2) is 8.27. The van der Waals surface area contributed by atoms with E-state index in [1.54, 1.807) is 4.68 Å². The summed E-state index contributed by atoms with van der Waals surface area (Å²) in [6, 6.07) is 17.5. The standard InChI is InChI=1S/C22H24N4O2/c1-26-15-17(12-25-26)20-13-23-14-21(20)22(27)24-11-16-6-5-9-19(10-16)28-18-7-3-2-4-8-18/h2-10,12,15,20-21,23H,11,13-14H2,1H3,(H,24,27)/t20-,21+/m1/s1. The number of hydrogen-bond acceptors (Lipinski definition) is 4. The van der Waals surface area contributed by atoms with Gasteiger partial charge in [0.2, 0.25) is 5.91 Å². The lowest BCUT2D eigenvalue weighted by Crippen LogP contribution is -2.33. The summed E-state index contributed by atoms with van der Waals surface area (Å²) in [5.41, 5.74) is 2.11. The highest BCUT2D eigenvalue weighted by atomic mass is 16.5. The molecule has 2 aromatic carbocycles. The fraction of sp³-hybridized carbons (Fsp3) is 0.273. The fourth-order valence-electron chi connectivity index (χ4n) is 3.60. The summed E-state index contributed by atoms with van der Waals surface area (Å²) >= 11 is 0. The summed E-state index contributed by atoms with van der Waals surface area (Å²) in [7, 11) is 1.89. The first-order valence-electron chi connectivity index (χ1n) is 9.48. The largest absolute Gasteiger partial charge is 0.457 e. The monoisotopic (exact) mass is 376 g/mol. The van der Waals surface area contributed by atoms with Gasteiger partial charge in [-0.1, -0.05) is 30.3 Å². The van der Waals surface area contributed by atoms with Crippen molar-refractivity contribution in [3.8, 4) is 11.5 Å². The molecule has 1 saturated heterocycles. The van der Waals surface area contributed by atoms with Crippen LogP contribution in [0.2, 0.25) is 0 Å². The van der Waals surface area contributed by atoms with Crippen LogP contribution in [0.5, 0.6) is 11.5 Å².